The average Bonchev–Trinajstić information content (AvgIpc) is 3.28. The van der Waals surface area contributed by atoms with Crippen LogP contribution in [0.25, 0.3) is 0 Å². The lowest BCUT2D eigenvalue weighted by Crippen LogP contribution is -2.36. The first kappa shape index (κ1) is 12.9. The Hall–Kier alpha value is -1.16. The molecule has 1 atom stereocenters. The lowest BCUT2D eigenvalue weighted by atomic mass is 10.0. The van der Waals surface area contributed by atoms with Crippen LogP contribution in [0.1, 0.15) is 29.2 Å². The highest BCUT2D eigenvalue weighted by atomic mass is 32.2. The van der Waals surface area contributed by atoms with Crippen molar-refractivity contribution in [3.8, 4) is 0 Å². The molecule has 19 heavy (non-hydrogen) atoms. The first-order chi connectivity index (χ1) is 9.25. The third-order valence-corrected chi connectivity index (χ3v) is 5.21. The summed E-state index contributed by atoms with van der Waals surface area (Å²) in [4.78, 5) is 6.73. The van der Waals surface area contributed by atoms with E-state index >= 15 is 0 Å². The fraction of sp³-hybridized carbons (Fsp3) is 0.533. The van der Waals surface area contributed by atoms with Crippen LogP contribution in [0.4, 0.5) is 0 Å². The Kier molecular flexibility index (Phi) is 3.69. The van der Waals surface area contributed by atoms with Gasteiger partial charge < -0.3 is 10.6 Å². The Morgan fingerprint density at radius 1 is 1.42 bits per heavy atom. The van der Waals surface area contributed by atoms with Crippen LogP contribution in [0.3, 0.4) is 0 Å². The van der Waals surface area contributed by atoms with E-state index < -0.39 is 0 Å². The predicted octanol–water partition coefficient (Wildman–Crippen LogP) is 2.43. The van der Waals surface area contributed by atoms with E-state index in [1.54, 1.807) is 0 Å². The average molecular weight is 275 g/mol. The highest BCUT2D eigenvalue weighted by molar-refractivity contribution is 7.99. The molecule has 1 unspecified atom stereocenters. The van der Waals surface area contributed by atoms with E-state index in [4.69, 9.17) is 5.73 Å². The van der Waals surface area contributed by atoms with Gasteiger partial charge in [0.05, 0.1) is 6.54 Å². The summed E-state index contributed by atoms with van der Waals surface area (Å²) >= 11 is 2.00. The zero-order valence-electron chi connectivity index (χ0n) is 11.4. The molecule has 2 N–H and O–H groups in total. The maximum Gasteiger partial charge on any atom is 0.191 e. The van der Waals surface area contributed by atoms with E-state index in [-0.39, 0.29) is 0 Å². The lowest BCUT2D eigenvalue weighted by Gasteiger charge is -2.24. The molecule has 0 amide bonds. The van der Waals surface area contributed by atoms with Crippen molar-refractivity contribution >= 4 is 17.7 Å². The molecule has 0 bridgehead atoms. The van der Waals surface area contributed by atoms with E-state index in [1.165, 1.54) is 36.1 Å². The minimum Gasteiger partial charge on any atom is -0.370 e. The first-order valence-corrected chi connectivity index (χ1v) is 8.02. The Labute approximate surface area is 119 Å². The molecular weight excluding hydrogens is 254 g/mol. The van der Waals surface area contributed by atoms with Crippen LogP contribution in [0.15, 0.2) is 29.3 Å². The van der Waals surface area contributed by atoms with Crippen molar-refractivity contribution in [1.29, 1.82) is 0 Å². The number of fused-ring (bicyclic) bond motifs is 1. The van der Waals surface area contributed by atoms with Crippen LogP contribution in [0.5, 0.6) is 0 Å². The van der Waals surface area contributed by atoms with Crippen molar-refractivity contribution in [1.82, 2.24) is 4.90 Å². The molecule has 4 heteroatoms. The van der Waals surface area contributed by atoms with Crippen molar-refractivity contribution in [3.05, 3.63) is 35.4 Å². The molecule has 0 radical (unpaired) electrons. The smallest absolute Gasteiger partial charge is 0.191 e. The molecule has 1 aromatic carbocycles. The second-order valence-electron chi connectivity index (χ2n) is 5.35. The largest absolute Gasteiger partial charge is 0.370 e. The predicted molar refractivity (Wildman–Crippen MR) is 82.6 cm³/mol. The van der Waals surface area contributed by atoms with Crippen LogP contribution in [-0.2, 0) is 6.42 Å². The Bertz CT molecular complexity index is 482. The summed E-state index contributed by atoms with van der Waals surface area (Å²) in [6.07, 6.45) is 3.69. The molecule has 1 fully saturated rings. The van der Waals surface area contributed by atoms with Gasteiger partial charge >= 0.3 is 0 Å². The number of guanidine groups is 1. The van der Waals surface area contributed by atoms with Gasteiger partial charge in [0.15, 0.2) is 5.96 Å². The van der Waals surface area contributed by atoms with Crippen LogP contribution in [0.2, 0.25) is 0 Å². The lowest BCUT2D eigenvalue weighted by molar-refractivity contribution is 0.487. The summed E-state index contributed by atoms with van der Waals surface area (Å²) < 4.78 is 0. The van der Waals surface area contributed by atoms with E-state index in [9.17, 15) is 0 Å². The van der Waals surface area contributed by atoms with Gasteiger partial charge in [0.1, 0.15) is 0 Å². The van der Waals surface area contributed by atoms with E-state index in [1.807, 2.05) is 11.8 Å². The topological polar surface area (TPSA) is 41.6 Å². The highest BCUT2D eigenvalue weighted by Gasteiger charge is 2.27. The van der Waals surface area contributed by atoms with Gasteiger partial charge in [-0.1, -0.05) is 24.3 Å². The third-order valence-electron chi connectivity index (χ3n) is 3.97. The van der Waals surface area contributed by atoms with Gasteiger partial charge in [-0.2, -0.15) is 11.8 Å². The molecule has 1 aliphatic heterocycles. The molecule has 2 aliphatic rings. The second kappa shape index (κ2) is 5.45. The maximum absolute atomic E-state index is 6.06. The van der Waals surface area contributed by atoms with E-state index in [2.05, 4.69) is 41.2 Å². The van der Waals surface area contributed by atoms with Gasteiger partial charge in [-0.15, -0.1) is 0 Å². The summed E-state index contributed by atoms with van der Waals surface area (Å²) in [6.45, 7) is 0.796. The first-order valence-electron chi connectivity index (χ1n) is 6.98. The highest BCUT2D eigenvalue weighted by Crippen LogP contribution is 2.36. The second-order valence-corrected chi connectivity index (χ2v) is 6.66. The van der Waals surface area contributed by atoms with Gasteiger partial charge in [0, 0.05) is 18.3 Å². The Morgan fingerprint density at radius 3 is 3.00 bits per heavy atom. The van der Waals surface area contributed by atoms with Crippen LogP contribution in [-0.4, -0.2) is 36.2 Å². The number of hydrogen-bond acceptors (Lipinski definition) is 2. The number of benzene rings is 1. The molecule has 102 valence electrons. The van der Waals surface area contributed by atoms with Crippen molar-refractivity contribution in [2.24, 2.45) is 10.7 Å². The molecular formula is C15H21N3S. The fourth-order valence-corrected chi connectivity index (χ4v) is 3.78. The van der Waals surface area contributed by atoms with Gasteiger partial charge in [-0.25, -0.2) is 0 Å². The molecule has 0 saturated heterocycles. The van der Waals surface area contributed by atoms with E-state index in [0.717, 1.165) is 6.54 Å². The van der Waals surface area contributed by atoms with Crippen LogP contribution >= 0.6 is 11.8 Å². The number of aliphatic imine (C=N–C) groups is 1. The van der Waals surface area contributed by atoms with Crippen molar-refractivity contribution in [2.45, 2.75) is 30.6 Å². The van der Waals surface area contributed by atoms with Crippen molar-refractivity contribution in [3.63, 3.8) is 0 Å². The SMILES string of the molecule is CN(C(N)=NCC1SCCc2ccccc21)C1CC1. The van der Waals surface area contributed by atoms with Crippen molar-refractivity contribution < 1.29 is 0 Å². The molecule has 0 spiro atoms. The summed E-state index contributed by atoms with van der Waals surface area (Å²) in [5.41, 5.74) is 8.99. The monoisotopic (exact) mass is 275 g/mol. The number of aryl methyl sites for hydroxylation is 1. The number of nitrogens with zero attached hydrogens (tertiary/aromatic N) is 2. The molecule has 0 aromatic heterocycles. The van der Waals surface area contributed by atoms with Crippen molar-refractivity contribution in [2.75, 3.05) is 19.3 Å². The van der Waals surface area contributed by atoms with Crippen LogP contribution < -0.4 is 5.73 Å². The van der Waals surface area contributed by atoms with Gasteiger partial charge in [0.2, 0.25) is 0 Å². The third kappa shape index (κ3) is 2.89. The van der Waals surface area contributed by atoms with Gasteiger partial charge in [0.25, 0.3) is 0 Å². The summed E-state index contributed by atoms with van der Waals surface area (Å²) in [5.74, 6) is 1.89. The fourth-order valence-electron chi connectivity index (χ4n) is 2.56. The zero-order valence-corrected chi connectivity index (χ0v) is 12.2. The summed E-state index contributed by atoms with van der Waals surface area (Å²) in [5, 5.41) is 0.469. The Balaban J connectivity index is 1.69. The summed E-state index contributed by atoms with van der Waals surface area (Å²) in [7, 11) is 2.05. The molecule has 3 nitrogen and oxygen atoms in total. The van der Waals surface area contributed by atoms with E-state index in [0.29, 0.717) is 17.3 Å². The molecule has 3 rings (SSSR count). The minimum atomic E-state index is 0.469. The molecule has 1 aliphatic carbocycles. The standard InChI is InChI=1S/C15H21N3S/c1-18(12-6-7-12)15(16)17-10-14-13-5-3-2-4-11(13)8-9-19-14/h2-5,12,14H,6-10H2,1H3,(H2,16,17). The normalized spacial score (nSPS) is 23.0. The maximum atomic E-state index is 6.06. The number of nitrogens with two attached hydrogens (primary N) is 1. The summed E-state index contributed by atoms with van der Waals surface area (Å²) in [6, 6.07) is 9.37. The van der Waals surface area contributed by atoms with Gasteiger partial charge in [-0.3, -0.25) is 4.99 Å². The minimum absolute atomic E-state index is 0.469. The number of thioether (sulfide) groups is 1. The molecule has 1 saturated carbocycles. The molecule has 1 aromatic rings. The van der Waals surface area contributed by atoms with Gasteiger partial charge in [-0.05, 0) is 36.1 Å². The quantitative estimate of drug-likeness (QED) is 0.680. The Morgan fingerprint density at radius 2 is 2.21 bits per heavy atom. The molecule has 1 heterocycles. The number of hydrogen-bond donors (Lipinski definition) is 1. The zero-order chi connectivity index (χ0) is 13.2. The number of rotatable bonds is 3. The van der Waals surface area contributed by atoms with Crippen LogP contribution in [0, 0.1) is 0 Å².